The van der Waals surface area contributed by atoms with Crippen LogP contribution in [0.4, 0.5) is 0 Å². The molecule has 96 valence electrons. The summed E-state index contributed by atoms with van der Waals surface area (Å²) in [5.41, 5.74) is 0.866. The molecule has 1 aromatic rings. The van der Waals surface area contributed by atoms with E-state index < -0.39 is 0 Å². The number of hydrogen-bond donors (Lipinski definition) is 2. The van der Waals surface area contributed by atoms with Gasteiger partial charge in [-0.15, -0.1) is 0 Å². The van der Waals surface area contributed by atoms with Gasteiger partial charge in [0, 0.05) is 31.2 Å². The van der Waals surface area contributed by atoms with Gasteiger partial charge in [0.05, 0.1) is 5.69 Å². The van der Waals surface area contributed by atoms with Gasteiger partial charge in [-0.25, -0.2) is 5.10 Å². The van der Waals surface area contributed by atoms with Gasteiger partial charge in [0.15, 0.2) is 0 Å². The van der Waals surface area contributed by atoms with Crippen LogP contribution < -0.4 is 10.9 Å². The first-order valence-electron chi connectivity index (χ1n) is 5.85. The van der Waals surface area contributed by atoms with Crippen molar-refractivity contribution in [2.24, 2.45) is 0 Å². The summed E-state index contributed by atoms with van der Waals surface area (Å²) in [6.07, 6.45) is 0. The van der Waals surface area contributed by atoms with Gasteiger partial charge in [-0.2, -0.15) is 5.10 Å². The molecule has 5 nitrogen and oxygen atoms in total. The van der Waals surface area contributed by atoms with Gasteiger partial charge in [0.2, 0.25) is 0 Å². The van der Waals surface area contributed by atoms with E-state index in [2.05, 4.69) is 41.2 Å². The fourth-order valence-corrected chi connectivity index (χ4v) is 1.44. The highest BCUT2D eigenvalue weighted by Crippen LogP contribution is 1.99. The molecule has 2 N–H and O–H groups in total. The van der Waals surface area contributed by atoms with E-state index in [1.165, 1.54) is 6.07 Å². The minimum Gasteiger partial charge on any atom is -0.311 e. The monoisotopic (exact) mass is 238 g/mol. The molecule has 0 amide bonds. The third kappa shape index (κ3) is 6.19. The molecule has 1 rings (SSSR count). The van der Waals surface area contributed by atoms with E-state index in [1.54, 1.807) is 6.07 Å². The summed E-state index contributed by atoms with van der Waals surface area (Å²) >= 11 is 0. The molecular weight excluding hydrogens is 216 g/mol. The quantitative estimate of drug-likeness (QED) is 0.788. The molecule has 0 aliphatic carbocycles. The zero-order valence-corrected chi connectivity index (χ0v) is 11.1. The highest BCUT2D eigenvalue weighted by Gasteiger charge is 2.08. The van der Waals surface area contributed by atoms with Crippen molar-refractivity contribution in [1.82, 2.24) is 20.4 Å². The third-order valence-electron chi connectivity index (χ3n) is 2.32. The molecule has 0 aromatic carbocycles. The Bertz CT molecular complexity index is 374. The Balaban J connectivity index is 2.32. The van der Waals surface area contributed by atoms with Gasteiger partial charge in [-0.05, 0) is 33.9 Å². The minimum atomic E-state index is -0.161. The third-order valence-corrected chi connectivity index (χ3v) is 2.32. The first kappa shape index (κ1) is 13.9. The first-order chi connectivity index (χ1) is 7.87. The number of aromatic amines is 1. The van der Waals surface area contributed by atoms with Crippen molar-refractivity contribution in [2.75, 3.05) is 20.1 Å². The van der Waals surface area contributed by atoms with E-state index in [0.717, 1.165) is 25.3 Å². The number of likely N-dealkylation sites (N-methyl/N-ethyl adjacent to an activating group) is 1. The maximum atomic E-state index is 10.8. The van der Waals surface area contributed by atoms with E-state index in [0.29, 0.717) is 0 Å². The zero-order chi connectivity index (χ0) is 12.9. The number of aromatic nitrogens is 2. The standard InChI is InChI=1S/C12H22N4O/c1-12(2,3)13-7-8-16(4)9-10-5-6-11(17)15-14-10/h5-6,13H,7-9H2,1-4H3,(H,15,17). The number of nitrogens with zero attached hydrogens (tertiary/aromatic N) is 2. The fraction of sp³-hybridized carbons (Fsp3) is 0.667. The van der Waals surface area contributed by atoms with Crippen LogP contribution in [0.5, 0.6) is 0 Å². The van der Waals surface area contributed by atoms with Crippen LogP contribution in [0.3, 0.4) is 0 Å². The Morgan fingerprint density at radius 1 is 1.41 bits per heavy atom. The summed E-state index contributed by atoms with van der Waals surface area (Å²) < 4.78 is 0. The Kier molecular flexibility index (Phi) is 4.84. The Morgan fingerprint density at radius 2 is 2.12 bits per heavy atom. The molecular formula is C12H22N4O. The van der Waals surface area contributed by atoms with Crippen molar-refractivity contribution in [2.45, 2.75) is 32.9 Å². The van der Waals surface area contributed by atoms with Crippen molar-refractivity contribution in [3.05, 3.63) is 28.2 Å². The Hall–Kier alpha value is -1.20. The van der Waals surface area contributed by atoms with Crippen LogP contribution in [-0.4, -0.2) is 40.8 Å². The van der Waals surface area contributed by atoms with Crippen molar-refractivity contribution in [3.63, 3.8) is 0 Å². The van der Waals surface area contributed by atoms with Gasteiger partial charge in [0.25, 0.3) is 5.56 Å². The van der Waals surface area contributed by atoms with Crippen molar-refractivity contribution in [1.29, 1.82) is 0 Å². The lowest BCUT2D eigenvalue weighted by molar-refractivity contribution is 0.299. The molecule has 0 unspecified atom stereocenters. The molecule has 17 heavy (non-hydrogen) atoms. The molecule has 0 spiro atoms. The summed E-state index contributed by atoms with van der Waals surface area (Å²) in [4.78, 5) is 13.0. The average Bonchev–Trinajstić information content (AvgIpc) is 2.19. The van der Waals surface area contributed by atoms with Crippen LogP contribution in [-0.2, 0) is 6.54 Å². The topological polar surface area (TPSA) is 61.0 Å². The van der Waals surface area contributed by atoms with Crippen LogP contribution >= 0.6 is 0 Å². The molecule has 0 fully saturated rings. The molecule has 0 atom stereocenters. The fourth-order valence-electron chi connectivity index (χ4n) is 1.44. The van der Waals surface area contributed by atoms with Gasteiger partial charge in [0.1, 0.15) is 0 Å². The van der Waals surface area contributed by atoms with Crippen LogP contribution in [0, 0.1) is 0 Å². The van der Waals surface area contributed by atoms with E-state index in [-0.39, 0.29) is 11.1 Å². The predicted octanol–water partition coefficient (Wildman–Crippen LogP) is 0.590. The van der Waals surface area contributed by atoms with Crippen LogP contribution in [0.15, 0.2) is 16.9 Å². The molecule has 0 radical (unpaired) electrons. The maximum Gasteiger partial charge on any atom is 0.264 e. The summed E-state index contributed by atoms with van der Waals surface area (Å²) in [5.74, 6) is 0. The maximum absolute atomic E-state index is 10.8. The van der Waals surface area contributed by atoms with Gasteiger partial charge >= 0.3 is 0 Å². The molecule has 0 aliphatic rings. The lowest BCUT2D eigenvalue weighted by Gasteiger charge is -2.23. The summed E-state index contributed by atoms with van der Waals surface area (Å²) in [5, 5.41) is 9.84. The lowest BCUT2D eigenvalue weighted by Crippen LogP contribution is -2.40. The van der Waals surface area contributed by atoms with Gasteiger partial charge in [-0.1, -0.05) is 0 Å². The van der Waals surface area contributed by atoms with Crippen LogP contribution in [0.25, 0.3) is 0 Å². The smallest absolute Gasteiger partial charge is 0.264 e. The molecule has 0 aliphatic heterocycles. The molecule has 1 aromatic heterocycles. The normalized spacial score (nSPS) is 12.1. The second-order valence-electron chi connectivity index (χ2n) is 5.33. The van der Waals surface area contributed by atoms with Crippen molar-refractivity contribution in [3.8, 4) is 0 Å². The number of rotatable bonds is 5. The Labute approximate surface area is 102 Å². The van der Waals surface area contributed by atoms with Gasteiger partial charge < -0.3 is 5.32 Å². The Morgan fingerprint density at radius 3 is 2.65 bits per heavy atom. The second kappa shape index (κ2) is 5.93. The summed E-state index contributed by atoms with van der Waals surface area (Å²) in [6, 6.07) is 3.26. The van der Waals surface area contributed by atoms with Crippen LogP contribution in [0.1, 0.15) is 26.5 Å². The number of hydrogen-bond acceptors (Lipinski definition) is 4. The molecule has 5 heteroatoms. The number of H-pyrrole nitrogens is 1. The van der Waals surface area contributed by atoms with Crippen molar-refractivity contribution < 1.29 is 0 Å². The highest BCUT2D eigenvalue weighted by molar-refractivity contribution is 4.98. The largest absolute Gasteiger partial charge is 0.311 e. The molecule has 0 saturated carbocycles. The summed E-state index contributed by atoms with van der Waals surface area (Å²) in [7, 11) is 2.04. The second-order valence-corrected chi connectivity index (χ2v) is 5.33. The first-order valence-corrected chi connectivity index (χ1v) is 5.85. The highest BCUT2D eigenvalue weighted by atomic mass is 16.1. The summed E-state index contributed by atoms with van der Waals surface area (Å²) in [6.45, 7) is 9.06. The van der Waals surface area contributed by atoms with E-state index in [4.69, 9.17) is 0 Å². The van der Waals surface area contributed by atoms with E-state index in [1.807, 2.05) is 7.05 Å². The molecule has 0 saturated heterocycles. The van der Waals surface area contributed by atoms with Gasteiger partial charge in [-0.3, -0.25) is 9.69 Å². The zero-order valence-electron chi connectivity index (χ0n) is 11.1. The minimum absolute atomic E-state index is 0.150. The SMILES string of the molecule is CN(CCNC(C)(C)C)Cc1ccc(=O)[nH]n1. The van der Waals surface area contributed by atoms with E-state index >= 15 is 0 Å². The number of nitrogens with one attached hydrogen (secondary N) is 2. The van der Waals surface area contributed by atoms with E-state index in [9.17, 15) is 4.79 Å². The predicted molar refractivity (Wildman–Crippen MR) is 68.9 cm³/mol. The molecule has 1 heterocycles. The average molecular weight is 238 g/mol. The lowest BCUT2D eigenvalue weighted by atomic mass is 10.1. The van der Waals surface area contributed by atoms with Crippen molar-refractivity contribution >= 4 is 0 Å². The van der Waals surface area contributed by atoms with Crippen LogP contribution in [0.2, 0.25) is 0 Å². The molecule has 0 bridgehead atoms.